The molecule has 0 saturated heterocycles. The Morgan fingerprint density at radius 3 is 1.81 bits per heavy atom. The van der Waals surface area contributed by atoms with Gasteiger partial charge in [0.2, 0.25) is 0 Å². The van der Waals surface area contributed by atoms with Crippen LogP contribution in [-0.2, 0) is 28.7 Å². The molecule has 10 heteroatoms. The van der Waals surface area contributed by atoms with Gasteiger partial charge in [-0.25, -0.2) is 19.2 Å². The Morgan fingerprint density at radius 1 is 0.952 bits per heavy atom. The van der Waals surface area contributed by atoms with E-state index in [-0.39, 0.29) is 0 Å². The van der Waals surface area contributed by atoms with Crippen molar-refractivity contribution in [3.8, 4) is 0 Å². The normalized spacial score (nSPS) is 14.0. The Kier molecular flexibility index (Phi) is 8.01. The Hall–Kier alpha value is -2.14. The Labute approximate surface area is 118 Å². The molecule has 0 aromatic heterocycles. The van der Waals surface area contributed by atoms with E-state index in [0.29, 0.717) is 6.08 Å². The first-order valence-corrected chi connectivity index (χ1v) is 5.50. The topological polar surface area (TPSA) is 168 Å². The molecule has 4 N–H and O–H groups in total. The van der Waals surface area contributed by atoms with Crippen molar-refractivity contribution in [2.75, 3.05) is 13.2 Å². The van der Waals surface area contributed by atoms with E-state index >= 15 is 0 Å². The zero-order valence-electron chi connectivity index (χ0n) is 10.9. The van der Waals surface area contributed by atoms with Crippen LogP contribution in [0.1, 0.15) is 6.92 Å². The van der Waals surface area contributed by atoms with E-state index in [1.165, 1.54) is 0 Å². The molecule has 0 rings (SSSR count). The molecule has 0 heterocycles. The maximum absolute atomic E-state index is 11.3. The fraction of sp³-hybridized carbons (Fsp3) is 0.455. The number of hydrogen-bond acceptors (Lipinski definition) is 10. The molecule has 118 valence electrons. The second-order valence-corrected chi connectivity index (χ2v) is 3.67. The summed E-state index contributed by atoms with van der Waals surface area (Å²) in [6.45, 7) is -0.857. The van der Waals surface area contributed by atoms with Crippen molar-refractivity contribution in [1.82, 2.24) is 0 Å². The Morgan fingerprint density at radius 2 is 1.38 bits per heavy atom. The van der Waals surface area contributed by atoms with E-state index in [1.807, 2.05) is 0 Å². The van der Waals surface area contributed by atoms with Crippen LogP contribution in [0.5, 0.6) is 0 Å². The number of carbonyl (C=O) groups is 4. The molecule has 0 radical (unpaired) electrons. The fourth-order valence-corrected chi connectivity index (χ4v) is 0.821. The molecule has 0 aliphatic heterocycles. The number of hydrogen-bond donors (Lipinski definition) is 4. The van der Waals surface area contributed by atoms with E-state index in [4.69, 9.17) is 20.4 Å². The molecule has 10 nitrogen and oxygen atoms in total. The first kappa shape index (κ1) is 18.9. The van der Waals surface area contributed by atoms with Gasteiger partial charge in [0, 0.05) is 11.6 Å². The molecular formula is C11H14O10. The van der Waals surface area contributed by atoms with Crippen molar-refractivity contribution in [3.63, 3.8) is 0 Å². The van der Waals surface area contributed by atoms with Crippen LogP contribution >= 0.6 is 0 Å². The number of rotatable bonds is 6. The van der Waals surface area contributed by atoms with Gasteiger partial charge in [-0.3, -0.25) is 0 Å². The molecule has 0 aliphatic rings. The minimum atomic E-state index is -1.91. The summed E-state index contributed by atoms with van der Waals surface area (Å²) in [6, 6.07) is 0. The van der Waals surface area contributed by atoms with Crippen LogP contribution in [0.3, 0.4) is 0 Å². The quantitative estimate of drug-likeness (QED) is 0.222. The molecule has 0 bridgehead atoms. The van der Waals surface area contributed by atoms with Crippen LogP contribution in [0.25, 0.3) is 0 Å². The SMILES string of the molecule is C/C(=C\C(=O)OC(=O)C(O)CO)C(=O)OC(=O)C(O)CO. The largest absolute Gasteiger partial charge is 0.393 e. The minimum absolute atomic E-state index is 0.440. The van der Waals surface area contributed by atoms with Crippen LogP contribution in [0, 0.1) is 0 Å². The zero-order valence-corrected chi connectivity index (χ0v) is 10.9. The third-order valence-electron chi connectivity index (χ3n) is 1.94. The summed E-state index contributed by atoms with van der Waals surface area (Å²) in [7, 11) is 0. The second-order valence-electron chi connectivity index (χ2n) is 3.67. The number of aliphatic hydroxyl groups excluding tert-OH is 4. The number of esters is 4. The van der Waals surface area contributed by atoms with Crippen LogP contribution in [0.2, 0.25) is 0 Å². The number of ether oxygens (including phenoxy) is 2. The van der Waals surface area contributed by atoms with Crippen molar-refractivity contribution in [2.45, 2.75) is 19.1 Å². The summed E-state index contributed by atoms with van der Waals surface area (Å²) < 4.78 is 8.15. The van der Waals surface area contributed by atoms with Crippen LogP contribution in [-0.4, -0.2) is 69.7 Å². The number of aliphatic hydroxyl groups is 4. The second kappa shape index (κ2) is 8.92. The summed E-state index contributed by atoms with van der Waals surface area (Å²) in [6.07, 6.45) is -3.31. The van der Waals surface area contributed by atoms with Crippen molar-refractivity contribution in [3.05, 3.63) is 11.6 Å². The van der Waals surface area contributed by atoms with Gasteiger partial charge in [0.25, 0.3) is 0 Å². The molecular weight excluding hydrogens is 292 g/mol. The Balaban J connectivity index is 4.59. The predicted octanol–water partition coefficient (Wildman–Crippen LogP) is -3.22. The molecule has 0 fully saturated rings. The molecule has 0 aromatic rings. The molecule has 2 unspecified atom stereocenters. The molecule has 0 saturated carbocycles. The van der Waals surface area contributed by atoms with E-state index < -0.39 is 54.9 Å². The van der Waals surface area contributed by atoms with E-state index in [0.717, 1.165) is 6.92 Å². The minimum Gasteiger partial charge on any atom is -0.393 e. The highest BCUT2D eigenvalue weighted by molar-refractivity contribution is 6.02. The van der Waals surface area contributed by atoms with Crippen LogP contribution < -0.4 is 0 Å². The van der Waals surface area contributed by atoms with Crippen LogP contribution in [0.15, 0.2) is 11.6 Å². The molecule has 0 aliphatic carbocycles. The maximum Gasteiger partial charge on any atom is 0.345 e. The summed E-state index contributed by atoms with van der Waals surface area (Å²) in [5.41, 5.74) is -0.440. The van der Waals surface area contributed by atoms with Gasteiger partial charge in [0.15, 0.2) is 12.2 Å². The highest BCUT2D eigenvalue weighted by Crippen LogP contribution is 2.01. The van der Waals surface area contributed by atoms with Crippen molar-refractivity contribution >= 4 is 23.9 Å². The summed E-state index contributed by atoms with van der Waals surface area (Å²) in [4.78, 5) is 44.4. The highest BCUT2D eigenvalue weighted by atomic mass is 16.6. The lowest BCUT2D eigenvalue weighted by atomic mass is 10.3. The molecule has 2 atom stereocenters. The lowest BCUT2D eigenvalue weighted by molar-refractivity contribution is -0.167. The first-order valence-electron chi connectivity index (χ1n) is 5.50. The van der Waals surface area contributed by atoms with E-state index in [1.54, 1.807) is 0 Å². The predicted molar refractivity (Wildman–Crippen MR) is 62.1 cm³/mol. The lowest BCUT2D eigenvalue weighted by Gasteiger charge is -2.07. The smallest absolute Gasteiger partial charge is 0.345 e. The average Bonchev–Trinajstić information content (AvgIpc) is 2.44. The standard InChI is InChI=1S/C11H14O10/c1-5(9(17)21-11(19)7(15)4-13)2-8(16)20-10(18)6(14)3-12/h2,6-7,12-15H,3-4H2,1H3/b5-2+. The first-order chi connectivity index (χ1) is 9.72. The van der Waals surface area contributed by atoms with Crippen LogP contribution in [0.4, 0.5) is 0 Å². The van der Waals surface area contributed by atoms with Crippen molar-refractivity contribution in [1.29, 1.82) is 0 Å². The molecule has 21 heavy (non-hydrogen) atoms. The summed E-state index contributed by atoms with van der Waals surface area (Å²) >= 11 is 0. The zero-order chi connectivity index (χ0) is 16.6. The molecule has 0 aromatic carbocycles. The molecule has 0 amide bonds. The Bertz CT molecular complexity index is 452. The van der Waals surface area contributed by atoms with Gasteiger partial charge in [0.05, 0.1) is 13.2 Å². The summed E-state index contributed by atoms with van der Waals surface area (Å²) in [5, 5.41) is 34.6. The average molecular weight is 306 g/mol. The van der Waals surface area contributed by atoms with E-state index in [2.05, 4.69) is 9.47 Å². The van der Waals surface area contributed by atoms with Gasteiger partial charge in [-0.05, 0) is 6.92 Å². The van der Waals surface area contributed by atoms with Gasteiger partial charge in [-0.1, -0.05) is 0 Å². The maximum atomic E-state index is 11.3. The van der Waals surface area contributed by atoms with Gasteiger partial charge in [-0.2, -0.15) is 0 Å². The fourth-order valence-electron chi connectivity index (χ4n) is 0.821. The third kappa shape index (κ3) is 6.72. The lowest BCUT2D eigenvalue weighted by Crippen LogP contribution is -2.29. The molecule has 0 spiro atoms. The van der Waals surface area contributed by atoms with E-state index in [9.17, 15) is 19.2 Å². The number of carbonyl (C=O) groups excluding carboxylic acids is 4. The van der Waals surface area contributed by atoms with Gasteiger partial charge in [0.1, 0.15) is 0 Å². The third-order valence-corrected chi connectivity index (χ3v) is 1.94. The highest BCUT2D eigenvalue weighted by Gasteiger charge is 2.22. The van der Waals surface area contributed by atoms with Gasteiger partial charge in [-0.15, -0.1) is 0 Å². The van der Waals surface area contributed by atoms with Crippen molar-refractivity contribution < 1.29 is 49.1 Å². The van der Waals surface area contributed by atoms with Gasteiger partial charge >= 0.3 is 23.9 Å². The van der Waals surface area contributed by atoms with Crippen molar-refractivity contribution in [2.24, 2.45) is 0 Å². The van der Waals surface area contributed by atoms with Gasteiger partial charge < -0.3 is 29.9 Å². The summed E-state index contributed by atoms with van der Waals surface area (Å²) in [5.74, 6) is -5.49. The monoisotopic (exact) mass is 306 g/mol.